The van der Waals surface area contributed by atoms with Crippen molar-refractivity contribution < 1.29 is 9.53 Å². The van der Waals surface area contributed by atoms with Gasteiger partial charge in [0.15, 0.2) is 0 Å². The summed E-state index contributed by atoms with van der Waals surface area (Å²) >= 11 is 0. The molecule has 0 radical (unpaired) electrons. The van der Waals surface area contributed by atoms with E-state index in [1.54, 1.807) is 12.0 Å². The van der Waals surface area contributed by atoms with Crippen molar-refractivity contribution in [1.29, 1.82) is 0 Å². The second-order valence-electron chi connectivity index (χ2n) is 3.51. The second kappa shape index (κ2) is 5.16. The first-order valence-corrected chi connectivity index (χ1v) is 5.29. The highest BCUT2D eigenvalue weighted by molar-refractivity contribution is 5.86. The Balaban J connectivity index is 2.32. The molecule has 0 aliphatic heterocycles. The minimum absolute atomic E-state index is 0.771. The molecule has 0 spiro atoms. The minimum Gasteiger partial charge on any atom is -0.497 e. The average molecular weight is 227 g/mol. The van der Waals surface area contributed by atoms with Crippen molar-refractivity contribution in [1.82, 2.24) is 0 Å². The fraction of sp³-hybridized carbons (Fsp3) is 0.0714. The van der Waals surface area contributed by atoms with E-state index in [4.69, 9.17) is 4.74 Å². The van der Waals surface area contributed by atoms with Crippen molar-refractivity contribution in [2.24, 2.45) is 0 Å². The van der Waals surface area contributed by atoms with Crippen molar-refractivity contribution >= 4 is 17.8 Å². The van der Waals surface area contributed by atoms with E-state index in [9.17, 15) is 4.79 Å². The summed E-state index contributed by atoms with van der Waals surface area (Å²) in [6.45, 7) is 0. The van der Waals surface area contributed by atoms with Crippen molar-refractivity contribution in [3.63, 3.8) is 0 Å². The van der Waals surface area contributed by atoms with Gasteiger partial charge < -0.3 is 4.74 Å². The topological polar surface area (TPSA) is 29.5 Å². The van der Waals surface area contributed by atoms with E-state index in [1.165, 1.54) is 0 Å². The number of methoxy groups -OCH3 is 1. The lowest BCUT2D eigenvalue weighted by Crippen LogP contribution is -2.13. The maximum Gasteiger partial charge on any atom is 0.218 e. The molecule has 0 bridgehead atoms. The summed E-state index contributed by atoms with van der Waals surface area (Å²) in [5.74, 6) is 0.771. The lowest BCUT2D eigenvalue weighted by Gasteiger charge is -2.17. The van der Waals surface area contributed by atoms with Crippen LogP contribution in [0, 0.1) is 0 Å². The fourth-order valence-electron chi connectivity index (χ4n) is 1.60. The van der Waals surface area contributed by atoms with Crippen LogP contribution in [0.3, 0.4) is 0 Å². The maximum atomic E-state index is 11.2. The Labute approximate surface area is 100 Å². The molecule has 3 heteroatoms. The number of carbonyl (C=O) groups is 1. The number of para-hydroxylation sites is 1. The Kier molecular flexibility index (Phi) is 3.40. The van der Waals surface area contributed by atoms with E-state index in [1.807, 2.05) is 54.6 Å². The van der Waals surface area contributed by atoms with Gasteiger partial charge in [0.2, 0.25) is 6.41 Å². The van der Waals surface area contributed by atoms with Gasteiger partial charge in [-0.15, -0.1) is 0 Å². The van der Waals surface area contributed by atoms with Crippen molar-refractivity contribution in [2.45, 2.75) is 0 Å². The summed E-state index contributed by atoms with van der Waals surface area (Å²) in [5, 5.41) is 0. The first-order valence-electron chi connectivity index (χ1n) is 5.29. The molecule has 0 heterocycles. The fourth-order valence-corrected chi connectivity index (χ4v) is 1.60. The molecule has 0 saturated carbocycles. The zero-order valence-corrected chi connectivity index (χ0v) is 9.54. The predicted molar refractivity (Wildman–Crippen MR) is 67.6 cm³/mol. The lowest BCUT2D eigenvalue weighted by molar-refractivity contribution is -0.106. The molecule has 0 atom stereocenters. The number of nitrogens with zero attached hydrogens (tertiary/aromatic N) is 1. The molecule has 0 aromatic heterocycles. The van der Waals surface area contributed by atoms with Gasteiger partial charge in [0.1, 0.15) is 5.75 Å². The summed E-state index contributed by atoms with van der Waals surface area (Å²) in [7, 11) is 1.61. The Bertz CT molecular complexity index is 479. The molecule has 0 aliphatic rings. The number of hydrogen-bond donors (Lipinski definition) is 0. The van der Waals surface area contributed by atoms with Gasteiger partial charge in [-0.1, -0.05) is 18.2 Å². The molecule has 17 heavy (non-hydrogen) atoms. The molecule has 2 aromatic carbocycles. The van der Waals surface area contributed by atoms with E-state index >= 15 is 0 Å². The van der Waals surface area contributed by atoms with E-state index in [0.29, 0.717) is 0 Å². The van der Waals surface area contributed by atoms with Crippen LogP contribution in [-0.4, -0.2) is 13.5 Å². The lowest BCUT2D eigenvalue weighted by atomic mass is 10.2. The molecule has 1 amide bonds. The van der Waals surface area contributed by atoms with Gasteiger partial charge in [0.05, 0.1) is 7.11 Å². The van der Waals surface area contributed by atoms with E-state index in [2.05, 4.69) is 0 Å². The van der Waals surface area contributed by atoms with Crippen LogP contribution in [0.15, 0.2) is 54.6 Å². The molecule has 0 N–H and O–H groups in total. The number of rotatable bonds is 4. The van der Waals surface area contributed by atoms with Crippen LogP contribution in [0.1, 0.15) is 0 Å². The molecule has 86 valence electrons. The number of amides is 1. The summed E-state index contributed by atoms with van der Waals surface area (Å²) < 4.78 is 5.08. The van der Waals surface area contributed by atoms with E-state index in [0.717, 1.165) is 23.5 Å². The molecule has 3 nitrogen and oxygen atoms in total. The summed E-state index contributed by atoms with van der Waals surface area (Å²) in [4.78, 5) is 12.7. The van der Waals surface area contributed by atoms with Crippen molar-refractivity contribution in [3.05, 3.63) is 54.6 Å². The molecule has 2 aromatic rings. The Morgan fingerprint density at radius 1 is 0.941 bits per heavy atom. The van der Waals surface area contributed by atoms with Crippen LogP contribution in [-0.2, 0) is 4.79 Å². The first-order chi connectivity index (χ1) is 8.35. The van der Waals surface area contributed by atoms with Gasteiger partial charge in [-0.3, -0.25) is 9.69 Å². The summed E-state index contributed by atoms with van der Waals surface area (Å²) in [5.41, 5.74) is 1.65. The monoisotopic (exact) mass is 227 g/mol. The van der Waals surface area contributed by atoms with Gasteiger partial charge in [-0.2, -0.15) is 0 Å². The van der Waals surface area contributed by atoms with Crippen LogP contribution in [0.25, 0.3) is 0 Å². The van der Waals surface area contributed by atoms with Gasteiger partial charge in [0, 0.05) is 11.4 Å². The highest BCUT2D eigenvalue weighted by Crippen LogP contribution is 2.25. The van der Waals surface area contributed by atoms with E-state index < -0.39 is 0 Å². The second-order valence-corrected chi connectivity index (χ2v) is 3.51. The van der Waals surface area contributed by atoms with Gasteiger partial charge in [0.25, 0.3) is 0 Å². The van der Waals surface area contributed by atoms with Crippen LogP contribution in [0.5, 0.6) is 5.75 Å². The molecule has 0 aliphatic carbocycles. The van der Waals surface area contributed by atoms with Gasteiger partial charge >= 0.3 is 0 Å². The SMILES string of the molecule is COc1ccc(N(C=O)c2ccccc2)cc1. The normalized spacial score (nSPS) is 9.71. The standard InChI is InChI=1S/C14H13NO2/c1-17-14-9-7-13(8-10-14)15(11-16)12-5-3-2-4-6-12/h2-11H,1H3. The highest BCUT2D eigenvalue weighted by atomic mass is 16.5. The average Bonchev–Trinajstić information content (AvgIpc) is 2.42. The summed E-state index contributed by atoms with van der Waals surface area (Å²) in [6, 6.07) is 16.8. The number of carbonyl (C=O) groups excluding carboxylic acids is 1. The van der Waals surface area contributed by atoms with Crippen LogP contribution >= 0.6 is 0 Å². The zero-order valence-electron chi connectivity index (χ0n) is 9.54. The third-order valence-electron chi connectivity index (χ3n) is 2.49. The molecule has 2 rings (SSSR count). The number of anilines is 2. The largest absolute Gasteiger partial charge is 0.497 e. The van der Waals surface area contributed by atoms with Crippen molar-refractivity contribution in [2.75, 3.05) is 12.0 Å². The Morgan fingerprint density at radius 2 is 1.53 bits per heavy atom. The third kappa shape index (κ3) is 2.45. The number of hydrogen-bond acceptors (Lipinski definition) is 2. The molecular weight excluding hydrogens is 214 g/mol. The van der Waals surface area contributed by atoms with Gasteiger partial charge in [-0.25, -0.2) is 0 Å². The van der Waals surface area contributed by atoms with Crippen molar-refractivity contribution in [3.8, 4) is 5.75 Å². The van der Waals surface area contributed by atoms with E-state index in [-0.39, 0.29) is 0 Å². The van der Waals surface area contributed by atoms with Crippen LogP contribution in [0.2, 0.25) is 0 Å². The van der Waals surface area contributed by atoms with Crippen LogP contribution < -0.4 is 9.64 Å². The quantitative estimate of drug-likeness (QED) is 0.751. The third-order valence-corrected chi connectivity index (χ3v) is 2.49. The maximum absolute atomic E-state index is 11.2. The molecular formula is C14H13NO2. The minimum atomic E-state index is 0.771. The van der Waals surface area contributed by atoms with Gasteiger partial charge in [-0.05, 0) is 36.4 Å². The highest BCUT2D eigenvalue weighted by Gasteiger charge is 2.07. The Morgan fingerprint density at radius 3 is 2.06 bits per heavy atom. The number of benzene rings is 2. The summed E-state index contributed by atoms with van der Waals surface area (Å²) in [6.07, 6.45) is 0.803. The number of ether oxygens (including phenoxy) is 1. The zero-order chi connectivity index (χ0) is 12.1. The smallest absolute Gasteiger partial charge is 0.218 e. The predicted octanol–water partition coefficient (Wildman–Crippen LogP) is 2.99. The molecule has 0 saturated heterocycles. The van der Waals surface area contributed by atoms with Crippen LogP contribution in [0.4, 0.5) is 11.4 Å². The molecule has 0 unspecified atom stereocenters. The first kappa shape index (κ1) is 11.2. The Hall–Kier alpha value is -2.29. The molecule has 0 fully saturated rings.